The Morgan fingerprint density at radius 2 is 1.85 bits per heavy atom. The zero-order valence-electron chi connectivity index (χ0n) is 21.2. The quantitative estimate of drug-likeness (QED) is 0.551. The molecule has 0 aromatic heterocycles. The third kappa shape index (κ3) is 4.54. The Bertz CT molecular complexity index is 902. The molecule has 34 heavy (non-hydrogen) atoms. The lowest BCUT2D eigenvalue weighted by Crippen LogP contribution is -2.44. The number of carbonyl (C=O) groups is 2. The molecule has 1 amide bonds. The Morgan fingerprint density at radius 3 is 2.62 bits per heavy atom. The van der Waals surface area contributed by atoms with Crippen LogP contribution >= 0.6 is 0 Å². The molecule has 0 bridgehead atoms. The summed E-state index contributed by atoms with van der Waals surface area (Å²) < 4.78 is 5.47. The Labute approximate surface area is 205 Å². The highest BCUT2D eigenvalue weighted by Crippen LogP contribution is 2.62. The molecule has 186 valence electrons. The molecule has 3 fully saturated rings. The van der Waals surface area contributed by atoms with Crippen LogP contribution in [0, 0.1) is 23.2 Å². The van der Waals surface area contributed by atoms with E-state index in [1.165, 1.54) is 43.2 Å². The van der Waals surface area contributed by atoms with Gasteiger partial charge in [0.15, 0.2) is 0 Å². The van der Waals surface area contributed by atoms with Gasteiger partial charge in [-0.05, 0) is 91.9 Å². The van der Waals surface area contributed by atoms with E-state index in [2.05, 4.69) is 30.4 Å². The van der Waals surface area contributed by atoms with Crippen LogP contribution in [0.4, 0.5) is 0 Å². The number of ether oxygens (including phenoxy) is 1. The van der Waals surface area contributed by atoms with Crippen molar-refractivity contribution in [3.8, 4) is 5.75 Å². The van der Waals surface area contributed by atoms with Crippen LogP contribution in [0.5, 0.6) is 5.75 Å². The zero-order chi connectivity index (χ0) is 23.7. The minimum Gasteiger partial charge on any atom is -0.497 e. The predicted octanol–water partition coefficient (Wildman–Crippen LogP) is 6.36. The van der Waals surface area contributed by atoms with Crippen LogP contribution in [0.2, 0.25) is 0 Å². The Balaban J connectivity index is 1.26. The lowest BCUT2D eigenvalue weighted by molar-refractivity contribution is -0.129. The van der Waals surface area contributed by atoms with Crippen molar-refractivity contribution in [3.05, 3.63) is 29.3 Å². The number of nitrogens with one attached hydrogen (secondary N) is 1. The van der Waals surface area contributed by atoms with Gasteiger partial charge in [-0.25, -0.2) is 0 Å². The normalized spacial score (nSPS) is 33.8. The molecule has 4 aliphatic rings. The van der Waals surface area contributed by atoms with Crippen LogP contribution in [-0.2, 0) is 16.0 Å². The fourth-order valence-corrected chi connectivity index (χ4v) is 8.23. The standard InChI is InChI=1S/C30H43NO3/c1-30-17-16-25-24-14-12-23(34-2)18-20(24)10-13-26(25)29(30)21(19-27(30)32)11-15-28(33)31-22-8-6-4-3-5-7-9-22/h12,14,18,21-22,25-26,29H,3-11,13,15-17,19H2,1-2H3,(H,31,33)/t21-,25-,26?,29+,30?/m1/s1. The number of rotatable bonds is 5. The Hall–Kier alpha value is -1.84. The summed E-state index contributed by atoms with van der Waals surface area (Å²) >= 11 is 0. The first-order valence-corrected chi connectivity index (χ1v) is 14.0. The number of amides is 1. The molecule has 0 saturated heterocycles. The maximum atomic E-state index is 13.3. The van der Waals surface area contributed by atoms with Gasteiger partial charge < -0.3 is 10.1 Å². The summed E-state index contributed by atoms with van der Waals surface area (Å²) in [6.45, 7) is 2.24. The molecule has 0 heterocycles. The van der Waals surface area contributed by atoms with Crippen molar-refractivity contribution >= 4 is 11.7 Å². The van der Waals surface area contributed by atoms with Crippen LogP contribution in [0.25, 0.3) is 0 Å². The van der Waals surface area contributed by atoms with Gasteiger partial charge in [0.2, 0.25) is 5.91 Å². The average molecular weight is 466 g/mol. The fourth-order valence-electron chi connectivity index (χ4n) is 8.23. The topological polar surface area (TPSA) is 55.4 Å². The monoisotopic (exact) mass is 465 g/mol. The molecule has 5 rings (SSSR count). The summed E-state index contributed by atoms with van der Waals surface area (Å²) in [5, 5.41) is 3.35. The maximum Gasteiger partial charge on any atom is 0.220 e. The highest BCUT2D eigenvalue weighted by Gasteiger charge is 2.58. The second-order valence-corrected chi connectivity index (χ2v) is 11.9. The molecule has 1 aromatic carbocycles. The fraction of sp³-hybridized carbons (Fsp3) is 0.733. The molecule has 5 atom stereocenters. The molecule has 1 aromatic rings. The zero-order valence-corrected chi connectivity index (χ0v) is 21.2. The summed E-state index contributed by atoms with van der Waals surface area (Å²) in [6.07, 6.45) is 15.1. The van der Waals surface area contributed by atoms with E-state index >= 15 is 0 Å². The van der Waals surface area contributed by atoms with Gasteiger partial charge in [0.05, 0.1) is 7.11 Å². The van der Waals surface area contributed by atoms with Gasteiger partial charge >= 0.3 is 0 Å². The van der Waals surface area contributed by atoms with Crippen molar-refractivity contribution in [3.63, 3.8) is 0 Å². The lowest BCUT2D eigenvalue weighted by atomic mass is 9.54. The summed E-state index contributed by atoms with van der Waals surface area (Å²) in [7, 11) is 1.74. The second kappa shape index (κ2) is 10.0. The summed E-state index contributed by atoms with van der Waals surface area (Å²) in [6, 6.07) is 6.96. The number of hydrogen-bond acceptors (Lipinski definition) is 3. The van der Waals surface area contributed by atoms with E-state index in [0.717, 1.165) is 50.7 Å². The van der Waals surface area contributed by atoms with Crippen LogP contribution in [-0.4, -0.2) is 24.8 Å². The molecule has 3 saturated carbocycles. The largest absolute Gasteiger partial charge is 0.497 e. The van der Waals surface area contributed by atoms with E-state index in [-0.39, 0.29) is 11.3 Å². The van der Waals surface area contributed by atoms with E-state index in [1.807, 2.05) is 0 Å². The molecular formula is C30H43NO3. The third-order valence-corrected chi connectivity index (χ3v) is 9.99. The summed E-state index contributed by atoms with van der Waals surface area (Å²) in [4.78, 5) is 26.1. The first kappa shape index (κ1) is 23.9. The minimum absolute atomic E-state index is 0.189. The number of ketones is 1. The van der Waals surface area contributed by atoms with E-state index in [1.54, 1.807) is 7.11 Å². The molecule has 4 nitrogen and oxygen atoms in total. The highest BCUT2D eigenvalue weighted by molar-refractivity contribution is 5.88. The van der Waals surface area contributed by atoms with E-state index < -0.39 is 0 Å². The number of carbonyl (C=O) groups excluding carboxylic acids is 2. The first-order valence-electron chi connectivity index (χ1n) is 14.0. The number of Topliss-reactive ketones (excluding diaryl/α,β-unsaturated/α-hetero) is 1. The smallest absolute Gasteiger partial charge is 0.220 e. The molecular weight excluding hydrogens is 422 g/mol. The molecule has 1 N–H and O–H groups in total. The van der Waals surface area contributed by atoms with Crippen molar-refractivity contribution < 1.29 is 14.3 Å². The van der Waals surface area contributed by atoms with Gasteiger partial charge in [0.1, 0.15) is 11.5 Å². The Kier molecular flexibility index (Phi) is 7.04. The number of fused-ring (bicyclic) bond motifs is 5. The maximum absolute atomic E-state index is 13.3. The molecule has 4 heteroatoms. The first-order chi connectivity index (χ1) is 16.5. The second-order valence-electron chi connectivity index (χ2n) is 11.9. The van der Waals surface area contributed by atoms with Gasteiger partial charge in [0, 0.05) is 24.3 Å². The van der Waals surface area contributed by atoms with Gasteiger partial charge in [-0.15, -0.1) is 0 Å². The summed E-state index contributed by atoms with van der Waals surface area (Å²) in [5.41, 5.74) is 2.73. The van der Waals surface area contributed by atoms with E-state index in [9.17, 15) is 9.59 Å². The van der Waals surface area contributed by atoms with Crippen molar-refractivity contribution in [1.29, 1.82) is 0 Å². The van der Waals surface area contributed by atoms with Crippen LogP contribution in [0.3, 0.4) is 0 Å². The van der Waals surface area contributed by atoms with Crippen LogP contribution in [0.15, 0.2) is 18.2 Å². The minimum atomic E-state index is -0.189. The molecule has 0 radical (unpaired) electrons. The lowest BCUT2D eigenvalue weighted by Gasteiger charge is -2.50. The van der Waals surface area contributed by atoms with E-state index in [4.69, 9.17) is 4.74 Å². The van der Waals surface area contributed by atoms with E-state index in [0.29, 0.717) is 48.3 Å². The number of hydrogen-bond donors (Lipinski definition) is 1. The molecule has 0 spiro atoms. The molecule has 2 unspecified atom stereocenters. The SMILES string of the molecule is COc1ccc2c(c1)CCC1[C@@H]2CCC2(C)C(=O)C[C@@H](CCC(=O)NC3CCCCCCC3)[C@@H]12. The van der Waals surface area contributed by atoms with Gasteiger partial charge in [-0.1, -0.05) is 45.1 Å². The predicted molar refractivity (Wildman–Crippen MR) is 135 cm³/mol. The van der Waals surface area contributed by atoms with Gasteiger partial charge in [-0.2, -0.15) is 0 Å². The average Bonchev–Trinajstić information content (AvgIpc) is 3.08. The molecule has 4 aliphatic carbocycles. The Morgan fingerprint density at radius 1 is 1.09 bits per heavy atom. The number of benzene rings is 1. The van der Waals surface area contributed by atoms with Gasteiger partial charge in [-0.3, -0.25) is 9.59 Å². The van der Waals surface area contributed by atoms with Crippen molar-refractivity contribution in [2.45, 2.75) is 109 Å². The third-order valence-electron chi connectivity index (χ3n) is 9.99. The van der Waals surface area contributed by atoms with Gasteiger partial charge in [0.25, 0.3) is 0 Å². The van der Waals surface area contributed by atoms with Crippen LogP contribution in [0.1, 0.15) is 107 Å². The molecule has 0 aliphatic heterocycles. The van der Waals surface area contributed by atoms with Crippen molar-refractivity contribution in [1.82, 2.24) is 5.32 Å². The number of aryl methyl sites for hydroxylation is 1. The van der Waals surface area contributed by atoms with Crippen molar-refractivity contribution in [2.24, 2.45) is 23.2 Å². The van der Waals surface area contributed by atoms with Crippen molar-refractivity contribution in [2.75, 3.05) is 7.11 Å². The summed E-state index contributed by atoms with van der Waals surface area (Å²) in [5.74, 6) is 3.50. The number of methoxy groups -OCH3 is 1. The highest BCUT2D eigenvalue weighted by atomic mass is 16.5. The van der Waals surface area contributed by atoms with Crippen LogP contribution < -0.4 is 10.1 Å².